The van der Waals surface area contributed by atoms with E-state index in [1.807, 2.05) is 36.9 Å². The molecule has 6 nitrogen and oxygen atoms in total. The molecule has 0 aromatic heterocycles. The number of aliphatic imine (C=N–C) groups is 1. The van der Waals surface area contributed by atoms with E-state index in [-0.39, 0.29) is 35.3 Å². The Kier molecular flexibility index (Phi) is 4.72. The third-order valence-electron chi connectivity index (χ3n) is 4.32. The van der Waals surface area contributed by atoms with Crippen molar-refractivity contribution in [1.29, 1.82) is 0 Å². The first-order valence-corrected chi connectivity index (χ1v) is 10.3. The Morgan fingerprint density at radius 3 is 2.75 bits per heavy atom. The summed E-state index contributed by atoms with van der Waals surface area (Å²) in [6.45, 7) is 3.95. The predicted octanol–water partition coefficient (Wildman–Crippen LogP) is 1.55. The quantitative estimate of drug-likeness (QED) is 0.806. The summed E-state index contributed by atoms with van der Waals surface area (Å²) >= 11 is 1.37. The molecule has 2 aliphatic rings. The Morgan fingerprint density at radius 1 is 1.33 bits per heavy atom. The number of ether oxygens (including phenoxy) is 1. The van der Waals surface area contributed by atoms with Crippen LogP contribution in [0.4, 0.5) is 5.69 Å². The molecule has 8 heteroatoms. The van der Waals surface area contributed by atoms with Gasteiger partial charge in [-0.05, 0) is 37.1 Å². The molecular weight excluding hydrogens is 348 g/mol. The molecule has 3 rings (SSSR count). The van der Waals surface area contributed by atoms with Gasteiger partial charge >= 0.3 is 0 Å². The summed E-state index contributed by atoms with van der Waals surface area (Å²) in [7, 11) is -1.61. The first-order chi connectivity index (χ1) is 11.3. The molecule has 2 unspecified atom stereocenters. The van der Waals surface area contributed by atoms with Crippen molar-refractivity contribution in [3.63, 3.8) is 0 Å². The zero-order chi connectivity index (χ0) is 17.5. The Balaban J connectivity index is 2.01. The van der Waals surface area contributed by atoms with Crippen molar-refractivity contribution in [3.05, 3.63) is 29.3 Å². The number of anilines is 1. The summed E-state index contributed by atoms with van der Waals surface area (Å²) in [5.41, 5.74) is 3.15. The molecule has 1 amide bonds. The highest BCUT2D eigenvalue weighted by Crippen LogP contribution is 2.41. The monoisotopic (exact) mass is 368 g/mol. The Labute approximate surface area is 146 Å². The van der Waals surface area contributed by atoms with Crippen molar-refractivity contribution in [2.75, 3.05) is 30.1 Å². The molecule has 1 aromatic rings. The number of rotatable bonds is 3. The van der Waals surface area contributed by atoms with Crippen molar-refractivity contribution >= 4 is 38.4 Å². The van der Waals surface area contributed by atoms with Gasteiger partial charge in [-0.25, -0.2) is 8.42 Å². The van der Waals surface area contributed by atoms with Crippen LogP contribution in [0, 0.1) is 13.8 Å². The van der Waals surface area contributed by atoms with Crippen LogP contribution in [0.25, 0.3) is 0 Å². The normalized spacial score (nSPS) is 26.8. The molecule has 0 bridgehead atoms. The number of amides is 1. The van der Waals surface area contributed by atoms with E-state index in [1.165, 1.54) is 18.9 Å². The highest BCUT2D eigenvalue weighted by atomic mass is 32.2. The Hall–Kier alpha value is -1.38. The van der Waals surface area contributed by atoms with Crippen LogP contribution in [0.15, 0.2) is 23.2 Å². The number of methoxy groups -OCH3 is 1. The molecule has 0 saturated carbocycles. The van der Waals surface area contributed by atoms with Crippen LogP contribution in [0.2, 0.25) is 0 Å². The standard InChI is InChI=1S/C16H20N2O4S2/c1-10-4-5-12(6-11(10)2)18-13-8-24(20,21)9-14(13)23-16(18)17-15(19)7-22-3/h4-6,13-14H,7-9H2,1-3H3. The minimum atomic E-state index is -3.05. The lowest BCUT2D eigenvalue weighted by atomic mass is 10.1. The van der Waals surface area contributed by atoms with E-state index in [9.17, 15) is 13.2 Å². The lowest BCUT2D eigenvalue weighted by molar-refractivity contribution is -0.121. The van der Waals surface area contributed by atoms with E-state index < -0.39 is 9.84 Å². The fourth-order valence-electron chi connectivity index (χ4n) is 3.00. The number of benzene rings is 1. The van der Waals surface area contributed by atoms with E-state index in [0.29, 0.717) is 5.17 Å². The second-order valence-corrected chi connectivity index (χ2v) is 9.52. The molecule has 130 valence electrons. The second-order valence-electron chi connectivity index (χ2n) is 6.16. The number of carbonyl (C=O) groups excluding carboxylic acids is 1. The number of hydrogen-bond acceptors (Lipinski definition) is 5. The summed E-state index contributed by atoms with van der Waals surface area (Å²) in [6.07, 6.45) is 0. The molecule has 0 aliphatic carbocycles. The fourth-order valence-corrected chi connectivity index (χ4v) is 6.94. The second kappa shape index (κ2) is 6.50. The van der Waals surface area contributed by atoms with Crippen LogP contribution in [0.3, 0.4) is 0 Å². The lowest BCUT2D eigenvalue weighted by Crippen LogP contribution is -2.37. The topological polar surface area (TPSA) is 76.0 Å². The van der Waals surface area contributed by atoms with Gasteiger partial charge in [-0.1, -0.05) is 17.8 Å². The van der Waals surface area contributed by atoms with E-state index in [2.05, 4.69) is 4.99 Å². The molecule has 2 saturated heterocycles. The minimum absolute atomic E-state index is 0.0849. The summed E-state index contributed by atoms with van der Waals surface area (Å²) in [5, 5.41) is 0.468. The number of aryl methyl sites for hydroxylation is 2. The van der Waals surface area contributed by atoms with Gasteiger partial charge in [0.25, 0.3) is 5.91 Å². The number of thioether (sulfide) groups is 1. The average molecular weight is 368 g/mol. The van der Waals surface area contributed by atoms with E-state index in [0.717, 1.165) is 16.8 Å². The maximum Gasteiger partial charge on any atom is 0.274 e. The summed E-state index contributed by atoms with van der Waals surface area (Å²) < 4.78 is 28.8. The molecule has 0 radical (unpaired) electrons. The number of amidine groups is 1. The predicted molar refractivity (Wildman–Crippen MR) is 96.5 cm³/mol. The van der Waals surface area contributed by atoms with Gasteiger partial charge < -0.3 is 9.64 Å². The molecule has 2 heterocycles. The van der Waals surface area contributed by atoms with Gasteiger partial charge in [-0.2, -0.15) is 4.99 Å². The molecule has 1 aromatic carbocycles. The van der Waals surface area contributed by atoms with Crippen molar-refractivity contribution in [3.8, 4) is 0 Å². The molecular formula is C16H20N2O4S2. The average Bonchev–Trinajstić information content (AvgIpc) is 2.93. The van der Waals surface area contributed by atoms with Crippen molar-refractivity contribution < 1.29 is 17.9 Å². The SMILES string of the molecule is COCC(=O)N=C1SC2CS(=O)(=O)CC2N1c1ccc(C)c(C)c1. The van der Waals surface area contributed by atoms with Gasteiger partial charge in [0.05, 0.1) is 17.5 Å². The first-order valence-electron chi connectivity index (χ1n) is 7.65. The highest BCUT2D eigenvalue weighted by Gasteiger charge is 2.49. The minimum Gasteiger partial charge on any atom is -0.375 e. The number of nitrogens with zero attached hydrogens (tertiary/aromatic N) is 2. The van der Waals surface area contributed by atoms with Crippen molar-refractivity contribution in [2.45, 2.75) is 25.1 Å². The smallest absolute Gasteiger partial charge is 0.274 e. The third kappa shape index (κ3) is 3.36. The van der Waals surface area contributed by atoms with Gasteiger partial charge in [0.2, 0.25) is 0 Å². The van der Waals surface area contributed by atoms with Gasteiger partial charge in [0, 0.05) is 18.0 Å². The largest absolute Gasteiger partial charge is 0.375 e. The van der Waals surface area contributed by atoms with Gasteiger partial charge in [0.15, 0.2) is 15.0 Å². The van der Waals surface area contributed by atoms with Crippen LogP contribution in [0.1, 0.15) is 11.1 Å². The van der Waals surface area contributed by atoms with Crippen LogP contribution < -0.4 is 4.90 Å². The van der Waals surface area contributed by atoms with E-state index in [4.69, 9.17) is 4.74 Å². The first kappa shape index (κ1) is 17.4. The fraction of sp³-hybridized carbons (Fsp3) is 0.500. The van der Waals surface area contributed by atoms with Gasteiger partial charge in [-0.15, -0.1) is 0 Å². The van der Waals surface area contributed by atoms with Crippen LogP contribution in [-0.2, 0) is 19.4 Å². The Morgan fingerprint density at radius 2 is 2.08 bits per heavy atom. The zero-order valence-corrected chi connectivity index (χ0v) is 15.5. The van der Waals surface area contributed by atoms with Gasteiger partial charge in [-0.3, -0.25) is 4.79 Å². The van der Waals surface area contributed by atoms with Crippen LogP contribution in [0.5, 0.6) is 0 Å². The molecule has 0 N–H and O–H groups in total. The summed E-state index contributed by atoms with van der Waals surface area (Å²) in [6, 6.07) is 5.78. The van der Waals surface area contributed by atoms with E-state index >= 15 is 0 Å². The number of carbonyl (C=O) groups is 1. The summed E-state index contributed by atoms with van der Waals surface area (Å²) in [5.74, 6) is -0.146. The maximum atomic E-state index is 12.0. The molecule has 24 heavy (non-hydrogen) atoms. The van der Waals surface area contributed by atoms with E-state index in [1.54, 1.807) is 0 Å². The lowest BCUT2D eigenvalue weighted by Gasteiger charge is -2.25. The number of sulfone groups is 1. The van der Waals surface area contributed by atoms with Crippen molar-refractivity contribution in [2.24, 2.45) is 4.99 Å². The molecule has 2 fully saturated rings. The number of fused-ring (bicyclic) bond motifs is 1. The molecule has 2 aliphatic heterocycles. The maximum absolute atomic E-state index is 12.0. The molecule has 0 spiro atoms. The molecule has 2 atom stereocenters. The number of hydrogen-bond donors (Lipinski definition) is 0. The Bertz CT molecular complexity index is 804. The van der Waals surface area contributed by atoms with Crippen molar-refractivity contribution in [1.82, 2.24) is 0 Å². The zero-order valence-electron chi connectivity index (χ0n) is 13.9. The van der Waals surface area contributed by atoms with Crippen LogP contribution >= 0.6 is 11.8 Å². The van der Waals surface area contributed by atoms with Crippen LogP contribution in [-0.4, -0.2) is 56.0 Å². The van der Waals surface area contributed by atoms with Gasteiger partial charge in [0.1, 0.15) is 6.61 Å². The highest BCUT2D eigenvalue weighted by molar-refractivity contribution is 8.16. The summed E-state index contributed by atoms with van der Waals surface area (Å²) in [4.78, 5) is 17.9. The third-order valence-corrected chi connectivity index (χ3v) is 7.53.